The quantitative estimate of drug-likeness (QED) is 0.617. The van der Waals surface area contributed by atoms with Crippen molar-refractivity contribution in [2.75, 3.05) is 12.8 Å². The predicted octanol–water partition coefficient (Wildman–Crippen LogP) is 1.24. The van der Waals surface area contributed by atoms with Gasteiger partial charge in [-0.25, -0.2) is 0 Å². The number of hydrogen-bond acceptors (Lipinski definition) is 4. The first kappa shape index (κ1) is 10.8. The van der Waals surface area contributed by atoms with Gasteiger partial charge in [-0.2, -0.15) is 0 Å². The summed E-state index contributed by atoms with van der Waals surface area (Å²) in [5.74, 6) is -0.569. The molecule has 2 amide bonds. The lowest BCUT2D eigenvalue weighted by molar-refractivity contribution is -0.135. The Morgan fingerprint density at radius 1 is 1.25 bits per heavy atom. The molecule has 0 radical (unpaired) electrons. The molecule has 2 N–H and O–H groups in total. The largest absolute Gasteiger partial charge is 0.398 e. The van der Waals surface area contributed by atoms with Crippen LogP contribution in [0.2, 0.25) is 0 Å². The number of anilines is 1. The number of amides is 2. The Bertz CT molecular complexity index is 497. The Kier molecular flexibility index (Phi) is 2.70. The zero-order valence-corrected chi connectivity index (χ0v) is 9.45. The summed E-state index contributed by atoms with van der Waals surface area (Å²) < 4.78 is 0. The highest BCUT2D eigenvalue weighted by Gasteiger charge is 2.28. The molecule has 0 aliphatic carbocycles. The van der Waals surface area contributed by atoms with Gasteiger partial charge in [-0.15, -0.1) is 0 Å². The van der Waals surface area contributed by atoms with E-state index in [-0.39, 0.29) is 11.8 Å². The molecule has 1 aliphatic rings. The molecule has 4 nitrogen and oxygen atoms in total. The molecular weight excluding hydrogens is 224 g/mol. The summed E-state index contributed by atoms with van der Waals surface area (Å²) in [7, 11) is 1.46. The average molecular weight is 234 g/mol. The van der Waals surface area contributed by atoms with Gasteiger partial charge in [-0.1, -0.05) is 23.9 Å². The van der Waals surface area contributed by atoms with E-state index in [1.165, 1.54) is 24.9 Å². The third-order valence-electron chi connectivity index (χ3n) is 2.24. The molecule has 1 heterocycles. The standard InChI is InChI=1S/C11H10N2O2S/c1-13-10(14)6-9(11(13)15)16-8-5-3-2-4-7(8)12/h2-6H,12H2,1H3. The number of imide groups is 1. The van der Waals surface area contributed by atoms with Crippen LogP contribution in [0.5, 0.6) is 0 Å². The van der Waals surface area contributed by atoms with Crippen molar-refractivity contribution in [3.05, 3.63) is 35.2 Å². The van der Waals surface area contributed by atoms with Crippen LogP contribution in [0.4, 0.5) is 5.69 Å². The van der Waals surface area contributed by atoms with E-state index < -0.39 is 0 Å². The molecule has 2 rings (SSSR count). The van der Waals surface area contributed by atoms with Crippen molar-refractivity contribution in [3.8, 4) is 0 Å². The molecule has 0 unspecified atom stereocenters. The smallest absolute Gasteiger partial charge is 0.267 e. The number of rotatable bonds is 2. The van der Waals surface area contributed by atoms with Crippen LogP contribution in [0.25, 0.3) is 0 Å². The van der Waals surface area contributed by atoms with Gasteiger partial charge in [0.1, 0.15) is 0 Å². The van der Waals surface area contributed by atoms with Crippen LogP contribution in [-0.4, -0.2) is 23.8 Å². The van der Waals surface area contributed by atoms with Crippen LogP contribution in [0, 0.1) is 0 Å². The summed E-state index contributed by atoms with van der Waals surface area (Å²) in [6, 6.07) is 7.23. The van der Waals surface area contributed by atoms with Crippen molar-refractivity contribution in [1.82, 2.24) is 4.90 Å². The van der Waals surface area contributed by atoms with Crippen molar-refractivity contribution >= 4 is 29.3 Å². The van der Waals surface area contributed by atoms with Crippen molar-refractivity contribution in [3.63, 3.8) is 0 Å². The Labute approximate surface area is 97.1 Å². The fraction of sp³-hybridized carbons (Fsp3) is 0.0909. The first-order chi connectivity index (χ1) is 7.59. The van der Waals surface area contributed by atoms with Gasteiger partial charge in [0.25, 0.3) is 11.8 Å². The highest BCUT2D eigenvalue weighted by molar-refractivity contribution is 8.04. The molecule has 16 heavy (non-hydrogen) atoms. The summed E-state index contributed by atoms with van der Waals surface area (Å²) in [4.78, 5) is 25.1. The minimum atomic E-state index is -0.290. The monoisotopic (exact) mass is 234 g/mol. The van der Waals surface area contributed by atoms with E-state index in [1.807, 2.05) is 18.2 Å². The Balaban J connectivity index is 2.24. The number of hydrogen-bond donors (Lipinski definition) is 1. The average Bonchev–Trinajstić information content (AvgIpc) is 2.50. The zero-order chi connectivity index (χ0) is 11.7. The van der Waals surface area contributed by atoms with Crippen LogP contribution in [0.15, 0.2) is 40.1 Å². The molecule has 0 saturated heterocycles. The summed E-state index contributed by atoms with van der Waals surface area (Å²) in [5.41, 5.74) is 6.36. The molecule has 1 aromatic carbocycles. The molecule has 0 atom stereocenters. The van der Waals surface area contributed by atoms with Gasteiger partial charge in [0.05, 0.1) is 4.91 Å². The highest BCUT2D eigenvalue weighted by atomic mass is 32.2. The van der Waals surface area contributed by atoms with Gasteiger partial charge in [0.15, 0.2) is 0 Å². The van der Waals surface area contributed by atoms with E-state index in [9.17, 15) is 9.59 Å². The van der Waals surface area contributed by atoms with Crippen molar-refractivity contribution < 1.29 is 9.59 Å². The van der Waals surface area contributed by atoms with E-state index in [1.54, 1.807) is 6.07 Å². The van der Waals surface area contributed by atoms with E-state index >= 15 is 0 Å². The minimum Gasteiger partial charge on any atom is -0.398 e. The second-order valence-electron chi connectivity index (χ2n) is 3.35. The van der Waals surface area contributed by atoms with Crippen LogP contribution in [0.3, 0.4) is 0 Å². The normalized spacial score (nSPS) is 15.6. The third kappa shape index (κ3) is 1.81. The maximum absolute atomic E-state index is 11.6. The molecule has 0 aromatic heterocycles. The van der Waals surface area contributed by atoms with Crippen molar-refractivity contribution in [2.45, 2.75) is 4.90 Å². The lowest BCUT2D eigenvalue weighted by Crippen LogP contribution is -2.25. The molecule has 0 spiro atoms. The second-order valence-corrected chi connectivity index (χ2v) is 4.43. The van der Waals surface area contributed by atoms with Gasteiger partial charge in [0, 0.05) is 23.7 Å². The van der Waals surface area contributed by atoms with Crippen LogP contribution in [0.1, 0.15) is 0 Å². The number of nitrogens with zero attached hydrogens (tertiary/aromatic N) is 1. The summed E-state index contributed by atoms with van der Waals surface area (Å²) >= 11 is 1.22. The van der Waals surface area contributed by atoms with Gasteiger partial charge in [-0.05, 0) is 12.1 Å². The molecule has 82 valence electrons. The lowest BCUT2D eigenvalue weighted by Gasteiger charge is -2.07. The number of thioether (sulfide) groups is 1. The number of para-hydroxylation sites is 1. The first-order valence-electron chi connectivity index (χ1n) is 4.65. The first-order valence-corrected chi connectivity index (χ1v) is 5.47. The summed E-state index contributed by atoms with van der Waals surface area (Å²) in [6.07, 6.45) is 1.33. The third-order valence-corrected chi connectivity index (χ3v) is 3.34. The maximum Gasteiger partial charge on any atom is 0.267 e. The topological polar surface area (TPSA) is 63.4 Å². The van der Waals surface area contributed by atoms with Crippen LogP contribution < -0.4 is 5.73 Å². The molecule has 0 fully saturated rings. The van der Waals surface area contributed by atoms with Gasteiger partial charge in [-0.3, -0.25) is 14.5 Å². The number of likely N-dealkylation sites (N-methyl/N-ethyl adjacent to an activating group) is 1. The molecule has 5 heteroatoms. The highest BCUT2D eigenvalue weighted by Crippen LogP contribution is 2.33. The maximum atomic E-state index is 11.6. The van der Waals surface area contributed by atoms with Crippen LogP contribution in [-0.2, 0) is 9.59 Å². The van der Waals surface area contributed by atoms with Crippen molar-refractivity contribution in [1.29, 1.82) is 0 Å². The Morgan fingerprint density at radius 3 is 2.50 bits per heavy atom. The van der Waals surface area contributed by atoms with E-state index in [0.29, 0.717) is 10.6 Å². The van der Waals surface area contributed by atoms with Gasteiger partial charge in [0.2, 0.25) is 0 Å². The van der Waals surface area contributed by atoms with Crippen molar-refractivity contribution in [2.24, 2.45) is 0 Å². The predicted molar refractivity (Wildman–Crippen MR) is 62.6 cm³/mol. The Hall–Kier alpha value is -1.75. The van der Waals surface area contributed by atoms with Gasteiger partial charge >= 0.3 is 0 Å². The minimum absolute atomic E-state index is 0.279. The number of carbonyl (C=O) groups is 2. The van der Waals surface area contributed by atoms with Gasteiger partial charge < -0.3 is 5.73 Å². The van der Waals surface area contributed by atoms with E-state index in [4.69, 9.17) is 5.73 Å². The summed E-state index contributed by atoms with van der Waals surface area (Å²) in [5, 5.41) is 0. The second kappa shape index (κ2) is 4.02. The molecule has 1 aliphatic heterocycles. The summed E-state index contributed by atoms with van der Waals surface area (Å²) in [6.45, 7) is 0. The Morgan fingerprint density at radius 2 is 1.94 bits per heavy atom. The number of nitrogens with two attached hydrogens (primary N) is 1. The SMILES string of the molecule is CN1C(=O)C=C(Sc2ccccc2N)C1=O. The number of nitrogen functional groups attached to an aromatic ring is 1. The lowest BCUT2D eigenvalue weighted by atomic mass is 10.3. The fourth-order valence-corrected chi connectivity index (χ4v) is 2.25. The van der Waals surface area contributed by atoms with E-state index in [0.717, 1.165) is 9.80 Å². The van der Waals surface area contributed by atoms with Crippen LogP contribution >= 0.6 is 11.8 Å². The molecule has 0 saturated carbocycles. The molecule has 1 aromatic rings. The fourth-order valence-electron chi connectivity index (χ4n) is 1.30. The van der Waals surface area contributed by atoms with E-state index in [2.05, 4.69) is 0 Å². The zero-order valence-electron chi connectivity index (χ0n) is 8.64. The molecular formula is C11H10N2O2S. The number of benzene rings is 1. The number of carbonyl (C=O) groups excluding carboxylic acids is 2. The molecule has 0 bridgehead atoms.